The molecule has 0 unspecified atom stereocenters. The number of nitrogens with one attached hydrogen (secondary N) is 1. The fourth-order valence-corrected chi connectivity index (χ4v) is 2.47. The van der Waals surface area contributed by atoms with Gasteiger partial charge in [0, 0.05) is 25.7 Å². The zero-order valence-electron chi connectivity index (χ0n) is 15.3. The highest BCUT2D eigenvalue weighted by atomic mass is 19.1. The molecule has 0 amide bonds. The first-order chi connectivity index (χ1) is 12.6. The second-order valence-electron chi connectivity index (χ2n) is 5.79. The lowest BCUT2D eigenvalue weighted by atomic mass is 10.1. The van der Waals surface area contributed by atoms with Gasteiger partial charge in [-0.25, -0.2) is 9.38 Å². The number of hydrogen-bond donors (Lipinski definition) is 1. The van der Waals surface area contributed by atoms with E-state index in [1.807, 2.05) is 49.2 Å². The number of benzene rings is 2. The van der Waals surface area contributed by atoms with Gasteiger partial charge in [0.05, 0.1) is 25.3 Å². The summed E-state index contributed by atoms with van der Waals surface area (Å²) in [5.74, 6) is 1.12. The van der Waals surface area contributed by atoms with Crippen molar-refractivity contribution in [3.05, 3.63) is 65.0 Å². The molecule has 5 nitrogen and oxygen atoms in total. The van der Waals surface area contributed by atoms with Crippen molar-refractivity contribution in [2.24, 2.45) is 4.99 Å². The van der Waals surface area contributed by atoms with Crippen molar-refractivity contribution in [1.82, 2.24) is 10.2 Å². The second-order valence-corrected chi connectivity index (χ2v) is 5.79. The fraction of sp³-hybridized carbons (Fsp3) is 0.300. The molecule has 0 atom stereocenters. The number of hydrogen-bond acceptors (Lipinski definition) is 3. The molecule has 0 aromatic heterocycles. The van der Waals surface area contributed by atoms with Gasteiger partial charge < -0.3 is 15.0 Å². The van der Waals surface area contributed by atoms with Crippen molar-refractivity contribution in [3.8, 4) is 11.8 Å². The molecule has 2 aromatic rings. The monoisotopic (exact) mass is 354 g/mol. The van der Waals surface area contributed by atoms with E-state index in [2.05, 4.69) is 10.3 Å². The van der Waals surface area contributed by atoms with Gasteiger partial charge in [0.15, 0.2) is 5.96 Å². The summed E-state index contributed by atoms with van der Waals surface area (Å²) in [6.45, 7) is 3.49. The largest absolute Gasteiger partial charge is 0.497 e. The lowest BCUT2D eigenvalue weighted by Crippen LogP contribution is -2.38. The van der Waals surface area contributed by atoms with Crippen LogP contribution in [0, 0.1) is 17.1 Å². The highest BCUT2D eigenvalue weighted by Gasteiger charge is 2.09. The van der Waals surface area contributed by atoms with E-state index in [0.29, 0.717) is 30.2 Å². The van der Waals surface area contributed by atoms with Crippen molar-refractivity contribution in [2.75, 3.05) is 20.7 Å². The summed E-state index contributed by atoms with van der Waals surface area (Å²) in [5.41, 5.74) is 1.93. The molecule has 0 aliphatic heterocycles. The Morgan fingerprint density at radius 2 is 2.00 bits per heavy atom. The van der Waals surface area contributed by atoms with Gasteiger partial charge in [0.2, 0.25) is 0 Å². The van der Waals surface area contributed by atoms with E-state index in [1.165, 1.54) is 18.2 Å². The van der Waals surface area contributed by atoms with Crippen molar-refractivity contribution in [2.45, 2.75) is 20.0 Å². The Bertz CT molecular complexity index is 796. The number of nitriles is 1. The molecule has 26 heavy (non-hydrogen) atoms. The summed E-state index contributed by atoms with van der Waals surface area (Å²) in [6, 6.07) is 14.1. The number of methoxy groups -OCH3 is 1. The van der Waals surface area contributed by atoms with Gasteiger partial charge in [-0.1, -0.05) is 12.1 Å². The van der Waals surface area contributed by atoms with Crippen molar-refractivity contribution in [1.29, 1.82) is 5.26 Å². The SMILES string of the molecule is CCNC(=NCc1cc(C#N)ccc1F)N(C)Cc1ccc(OC)cc1. The van der Waals surface area contributed by atoms with Crippen molar-refractivity contribution < 1.29 is 9.13 Å². The quantitative estimate of drug-likeness (QED) is 0.639. The molecule has 0 saturated heterocycles. The molecule has 0 aliphatic rings. The van der Waals surface area contributed by atoms with Gasteiger partial charge in [-0.3, -0.25) is 0 Å². The highest BCUT2D eigenvalue weighted by Crippen LogP contribution is 2.14. The first-order valence-corrected chi connectivity index (χ1v) is 8.38. The van der Waals surface area contributed by atoms with Crippen LogP contribution in [0.1, 0.15) is 23.6 Å². The minimum atomic E-state index is -0.360. The molecule has 0 spiro atoms. The minimum absolute atomic E-state index is 0.163. The molecule has 0 fully saturated rings. The highest BCUT2D eigenvalue weighted by molar-refractivity contribution is 5.79. The Morgan fingerprint density at radius 1 is 1.27 bits per heavy atom. The van der Waals surface area contributed by atoms with E-state index in [4.69, 9.17) is 10.00 Å². The third-order valence-electron chi connectivity index (χ3n) is 3.85. The molecule has 0 heterocycles. The molecule has 2 rings (SSSR count). The molecular formula is C20H23FN4O. The zero-order chi connectivity index (χ0) is 18.9. The summed E-state index contributed by atoms with van der Waals surface area (Å²) in [7, 11) is 3.56. The predicted octanol–water partition coefficient (Wildman–Crippen LogP) is 3.30. The summed E-state index contributed by atoms with van der Waals surface area (Å²) in [4.78, 5) is 6.48. The van der Waals surface area contributed by atoms with Crippen molar-refractivity contribution in [3.63, 3.8) is 0 Å². The van der Waals surface area contributed by atoms with Gasteiger partial charge in [-0.15, -0.1) is 0 Å². The normalized spacial score (nSPS) is 11.0. The maximum absolute atomic E-state index is 13.9. The average Bonchev–Trinajstić information content (AvgIpc) is 2.66. The van der Waals surface area contributed by atoms with E-state index in [9.17, 15) is 4.39 Å². The van der Waals surface area contributed by atoms with E-state index in [0.717, 1.165) is 11.3 Å². The number of nitrogens with zero attached hydrogens (tertiary/aromatic N) is 3. The number of halogens is 1. The number of aliphatic imine (C=N–C) groups is 1. The Kier molecular flexibility index (Phi) is 6.98. The third-order valence-corrected chi connectivity index (χ3v) is 3.85. The summed E-state index contributed by atoms with van der Waals surface area (Å²) in [6.07, 6.45) is 0. The number of guanidine groups is 1. The van der Waals surface area contributed by atoms with Crippen LogP contribution in [0.3, 0.4) is 0 Å². The van der Waals surface area contributed by atoms with E-state index in [-0.39, 0.29) is 12.4 Å². The molecule has 0 aliphatic carbocycles. The van der Waals surface area contributed by atoms with E-state index < -0.39 is 0 Å². The molecule has 0 bridgehead atoms. The molecule has 2 aromatic carbocycles. The second kappa shape index (κ2) is 9.42. The zero-order valence-corrected chi connectivity index (χ0v) is 15.3. The lowest BCUT2D eigenvalue weighted by Gasteiger charge is -2.22. The predicted molar refractivity (Wildman–Crippen MR) is 100 cm³/mol. The Balaban J connectivity index is 2.13. The van der Waals surface area contributed by atoms with Crippen LogP contribution in [-0.2, 0) is 13.1 Å². The lowest BCUT2D eigenvalue weighted by molar-refractivity contribution is 0.414. The van der Waals surface area contributed by atoms with Gasteiger partial charge in [0.25, 0.3) is 0 Å². The molecule has 1 N–H and O–H groups in total. The molecular weight excluding hydrogens is 331 g/mol. The standard InChI is InChI=1S/C20H23FN4O/c1-4-23-20(24-13-17-11-16(12-22)7-10-19(17)21)25(2)14-15-5-8-18(26-3)9-6-15/h5-11H,4,13-14H2,1-3H3,(H,23,24). The first-order valence-electron chi connectivity index (χ1n) is 8.38. The number of ether oxygens (including phenoxy) is 1. The van der Waals surface area contributed by atoms with Gasteiger partial charge in [-0.05, 0) is 42.8 Å². The van der Waals surface area contributed by atoms with Crippen LogP contribution in [0.15, 0.2) is 47.5 Å². The van der Waals surface area contributed by atoms with Crippen LogP contribution in [0.2, 0.25) is 0 Å². The van der Waals surface area contributed by atoms with Crippen LogP contribution < -0.4 is 10.1 Å². The van der Waals surface area contributed by atoms with Crippen LogP contribution >= 0.6 is 0 Å². The first kappa shape index (κ1) is 19.3. The maximum Gasteiger partial charge on any atom is 0.194 e. The maximum atomic E-state index is 13.9. The minimum Gasteiger partial charge on any atom is -0.497 e. The average molecular weight is 354 g/mol. The van der Waals surface area contributed by atoms with Gasteiger partial charge >= 0.3 is 0 Å². The Morgan fingerprint density at radius 3 is 2.62 bits per heavy atom. The summed E-state index contributed by atoms with van der Waals surface area (Å²) < 4.78 is 19.1. The van der Waals surface area contributed by atoms with E-state index >= 15 is 0 Å². The van der Waals surface area contributed by atoms with Crippen LogP contribution in [0.5, 0.6) is 5.75 Å². The van der Waals surface area contributed by atoms with Crippen LogP contribution in [-0.4, -0.2) is 31.6 Å². The smallest absolute Gasteiger partial charge is 0.194 e. The third kappa shape index (κ3) is 5.21. The summed E-state index contributed by atoms with van der Waals surface area (Å²) in [5, 5.41) is 12.2. The molecule has 0 radical (unpaired) electrons. The molecule has 136 valence electrons. The van der Waals surface area contributed by atoms with Gasteiger partial charge in [-0.2, -0.15) is 5.26 Å². The van der Waals surface area contributed by atoms with Crippen molar-refractivity contribution >= 4 is 5.96 Å². The summed E-state index contributed by atoms with van der Waals surface area (Å²) >= 11 is 0. The topological polar surface area (TPSA) is 60.7 Å². The number of rotatable bonds is 6. The fourth-order valence-electron chi connectivity index (χ4n) is 2.47. The Labute approximate surface area is 153 Å². The Hall–Kier alpha value is -3.07. The van der Waals surface area contributed by atoms with E-state index in [1.54, 1.807) is 7.11 Å². The molecule has 0 saturated carbocycles. The molecule has 6 heteroatoms. The van der Waals surface area contributed by atoms with Crippen LogP contribution in [0.25, 0.3) is 0 Å². The van der Waals surface area contributed by atoms with Crippen LogP contribution in [0.4, 0.5) is 4.39 Å². The van der Waals surface area contributed by atoms with Gasteiger partial charge in [0.1, 0.15) is 11.6 Å².